The quantitative estimate of drug-likeness (QED) is 0.384. The average Bonchev–Trinajstić information content (AvgIpc) is 2.71. The molecule has 3 aromatic rings. The summed E-state index contributed by atoms with van der Waals surface area (Å²) in [6.07, 6.45) is 2.23. The molecule has 4 nitrogen and oxygen atoms in total. The molecule has 30 heavy (non-hydrogen) atoms. The van der Waals surface area contributed by atoms with E-state index in [0.29, 0.717) is 33.8 Å². The summed E-state index contributed by atoms with van der Waals surface area (Å²) in [5.74, 6) is -0.367. The van der Waals surface area contributed by atoms with Gasteiger partial charge in [-0.1, -0.05) is 66.3 Å². The maximum absolute atomic E-state index is 12.1. The summed E-state index contributed by atoms with van der Waals surface area (Å²) in [4.78, 5) is 16.8. The highest BCUT2D eigenvalue weighted by Crippen LogP contribution is 2.32. The van der Waals surface area contributed by atoms with Crippen molar-refractivity contribution in [2.45, 2.75) is 26.2 Å². The second-order valence-corrected chi connectivity index (χ2v) is 8.10. The van der Waals surface area contributed by atoms with E-state index in [0.717, 1.165) is 29.5 Å². The molecule has 1 amide bonds. The van der Waals surface area contributed by atoms with Gasteiger partial charge < -0.3 is 10.5 Å². The van der Waals surface area contributed by atoms with Crippen LogP contribution in [0, 0.1) is 0 Å². The van der Waals surface area contributed by atoms with Crippen LogP contribution in [0.3, 0.4) is 0 Å². The van der Waals surface area contributed by atoms with Gasteiger partial charge in [0.25, 0.3) is 5.91 Å². The number of amides is 1. The van der Waals surface area contributed by atoms with Gasteiger partial charge in [0.15, 0.2) is 0 Å². The van der Waals surface area contributed by atoms with Crippen LogP contribution in [0.2, 0.25) is 15.1 Å². The minimum Gasteiger partial charge on any atom is -0.477 e. The number of hydrogen-bond acceptors (Lipinski definition) is 3. The molecular formula is C23H21Cl3N2O2. The minimum absolute atomic E-state index is 0.230. The lowest BCUT2D eigenvalue weighted by Gasteiger charge is -2.16. The number of pyridine rings is 1. The normalized spacial score (nSPS) is 10.8. The van der Waals surface area contributed by atoms with Crippen molar-refractivity contribution in [2.75, 3.05) is 6.61 Å². The molecule has 0 spiro atoms. The molecule has 7 heteroatoms. The number of nitrogens with zero attached hydrogens (tertiary/aromatic N) is 1. The monoisotopic (exact) mass is 462 g/mol. The molecule has 0 aliphatic carbocycles. The molecule has 3 rings (SSSR count). The SMILES string of the molecule is CCCCOc1nc(Cc2ccc(Cl)cc2Cl)c(-c2ccc(Cl)cc2)cc1C(N)=O. The van der Waals surface area contributed by atoms with Gasteiger partial charge in [-0.3, -0.25) is 4.79 Å². The van der Waals surface area contributed by atoms with Gasteiger partial charge in [0.1, 0.15) is 5.56 Å². The first kappa shape index (κ1) is 22.4. The molecule has 156 valence electrons. The summed E-state index contributed by atoms with van der Waals surface area (Å²) in [6, 6.07) is 14.4. The molecule has 1 aromatic heterocycles. The Morgan fingerprint density at radius 2 is 1.73 bits per heavy atom. The highest BCUT2D eigenvalue weighted by Gasteiger charge is 2.19. The Bertz CT molecular complexity index is 1050. The first-order valence-electron chi connectivity index (χ1n) is 9.55. The fourth-order valence-electron chi connectivity index (χ4n) is 2.99. The van der Waals surface area contributed by atoms with Gasteiger partial charge in [0, 0.05) is 27.1 Å². The lowest BCUT2D eigenvalue weighted by Crippen LogP contribution is -2.16. The number of benzene rings is 2. The Labute approximate surface area is 190 Å². The van der Waals surface area contributed by atoms with Gasteiger partial charge in [-0.25, -0.2) is 4.98 Å². The smallest absolute Gasteiger partial charge is 0.254 e. The third-order valence-electron chi connectivity index (χ3n) is 4.60. The number of aromatic nitrogens is 1. The van der Waals surface area contributed by atoms with Gasteiger partial charge in [-0.05, 0) is 47.9 Å². The topological polar surface area (TPSA) is 65.2 Å². The number of hydrogen-bond donors (Lipinski definition) is 1. The fraction of sp³-hybridized carbons (Fsp3) is 0.217. The molecule has 2 N–H and O–H groups in total. The molecule has 0 radical (unpaired) electrons. The largest absolute Gasteiger partial charge is 0.477 e. The van der Waals surface area contributed by atoms with E-state index in [1.165, 1.54) is 0 Å². The molecule has 0 saturated heterocycles. The van der Waals surface area contributed by atoms with Gasteiger partial charge in [0.05, 0.1) is 12.3 Å². The van der Waals surface area contributed by atoms with Crippen LogP contribution in [0.4, 0.5) is 0 Å². The zero-order valence-electron chi connectivity index (χ0n) is 16.4. The second-order valence-electron chi connectivity index (χ2n) is 6.82. The number of nitrogens with two attached hydrogens (primary N) is 1. The van der Waals surface area contributed by atoms with E-state index in [-0.39, 0.29) is 11.4 Å². The van der Waals surface area contributed by atoms with Crippen molar-refractivity contribution in [1.82, 2.24) is 4.98 Å². The second kappa shape index (κ2) is 10.2. The Kier molecular flexibility index (Phi) is 7.59. The number of carbonyl (C=O) groups excluding carboxylic acids is 1. The van der Waals surface area contributed by atoms with Gasteiger partial charge in [-0.2, -0.15) is 0 Å². The van der Waals surface area contributed by atoms with Crippen LogP contribution in [0.1, 0.15) is 41.4 Å². The highest BCUT2D eigenvalue weighted by atomic mass is 35.5. The third kappa shape index (κ3) is 5.45. The average molecular weight is 464 g/mol. The van der Waals surface area contributed by atoms with Crippen LogP contribution in [-0.2, 0) is 6.42 Å². The van der Waals surface area contributed by atoms with E-state index in [4.69, 9.17) is 45.3 Å². The molecule has 0 aliphatic rings. The summed E-state index contributed by atoms with van der Waals surface area (Å²) in [7, 11) is 0. The van der Waals surface area contributed by atoms with Crippen molar-refractivity contribution in [3.8, 4) is 17.0 Å². The third-order valence-corrected chi connectivity index (χ3v) is 5.44. The van der Waals surface area contributed by atoms with Crippen molar-refractivity contribution in [3.63, 3.8) is 0 Å². The molecule has 0 unspecified atom stereocenters. The molecule has 2 aromatic carbocycles. The molecular weight excluding hydrogens is 443 g/mol. The molecule has 0 atom stereocenters. The van der Waals surface area contributed by atoms with Crippen molar-refractivity contribution in [3.05, 3.63) is 80.4 Å². The van der Waals surface area contributed by atoms with Gasteiger partial charge in [0.2, 0.25) is 5.88 Å². The number of ether oxygens (including phenoxy) is 1. The van der Waals surface area contributed by atoms with Crippen LogP contribution >= 0.6 is 34.8 Å². The maximum Gasteiger partial charge on any atom is 0.254 e. The Morgan fingerprint density at radius 3 is 2.37 bits per heavy atom. The van der Waals surface area contributed by atoms with Crippen molar-refractivity contribution >= 4 is 40.7 Å². The summed E-state index contributed by atoms with van der Waals surface area (Å²) in [5.41, 5.74) is 9.03. The van der Waals surface area contributed by atoms with Crippen molar-refractivity contribution < 1.29 is 9.53 Å². The molecule has 0 saturated carbocycles. The molecule has 1 heterocycles. The summed E-state index contributed by atoms with van der Waals surface area (Å²) in [5, 5.41) is 1.71. The van der Waals surface area contributed by atoms with E-state index in [1.807, 2.05) is 18.2 Å². The number of carbonyl (C=O) groups is 1. The molecule has 0 aliphatic heterocycles. The van der Waals surface area contributed by atoms with Crippen LogP contribution in [0.5, 0.6) is 5.88 Å². The van der Waals surface area contributed by atoms with E-state index in [1.54, 1.807) is 30.3 Å². The van der Waals surface area contributed by atoms with Crippen molar-refractivity contribution in [1.29, 1.82) is 0 Å². The van der Waals surface area contributed by atoms with E-state index in [9.17, 15) is 4.79 Å². The number of primary amides is 1. The predicted octanol–water partition coefficient (Wildman–Crippen LogP) is 6.58. The lowest BCUT2D eigenvalue weighted by molar-refractivity contribution is 0.0995. The van der Waals surface area contributed by atoms with Crippen LogP contribution in [0.25, 0.3) is 11.1 Å². The minimum atomic E-state index is -0.597. The number of unbranched alkanes of at least 4 members (excludes halogenated alkanes) is 1. The summed E-state index contributed by atoms with van der Waals surface area (Å²) >= 11 is 18.5. The van der Waals surface area contributed by atoms with Crippen molar-refractivity contribution in [2.24, 2.45) is 5.73 Å². The van der Waals surface area contributed by atoms with Gasteiger partial charge in [-0.15, -0.1) is 0 Å². The standard InChI is InChI=1S/C23H21Cl3N2O2/c1-2-3-10-30-23-19(22(27)29)13-18(14-4-7-16(24)8-5-14)21(28-23)11-15-6-9-17(25)12-20(15)26/h4-9,12-13H,2-3,10-11H2,1H3,(H2,27,29). The molecule has 0 fully saturated rings. The van der Waals surface area contributed by atoms with Crippen LogP contribution in [-0.4, -0.2) is 17.5 Å². The Balaban J connectivity index is 2.13. The Hall–Kier alpha value is -2.27. The van der Waals surface area contributed by atoms with E-state index < -0.39 is 5.91 Å². The zero-order chi connectivity index (χ0) is 21.7. The van der Waals surface area contributed by atoms with Crippen LogP contribution in [0.15, 0.2) is 48.5 Å². The van der Waals surface area contributed by atoms with Gasteiger partial charge >= 0.3 is 0 Å². The number of rotatable bonds is 8. The predicted molar refractivity (Wildman–Crippen MR) is 123 cm³/mol. The lowest BCUT2D eigenvalue weighted by atomic mass is 9.97. The fourth-order valence-corrected chi connectivity index (χ4v) is 3.59. The maximum atomic E-state index is 12.1. The highest BCUT2D eigenvalue weighted by molar-refractivity contribution is 6.35. The zero-order valence-corrected chi connectivity index (χ0v) is 18.7. The van der Waals surface area contributed by atoms with Crippen LogP contribution < -0.4 is 10.5 Å². The Morgan fingerprint density at radius 1 is 1.03 bits per heavy atom. The van der Waals surface area contributed by atoms with E-state index >= 15 is 0 Å². The number of halogens is 3. The first-order valence-corrected chi connectivity index (χ1v) is 10.7. The first-order chi connectivity index (χ1) is 14.4. The summed E-state index contributed by atoms with van der Waals surface area (Å²) in [6.45, 7) is 2.51. The molecule has 0 bridgehead atoms. The van der Waals surface area contributed by atoms with E-state index in [2.05, 4.69) is 11.9 Å². The summed E-state index contributed by atoms with van der Waals surface area (Å²) < 4.78 is 5.79.